The first kappa shape index (κ1) is 39.3. The molecule has 0 radical (unpaired) electrons. The molecule has 3 aromatic rings. The molecule has 3 aliphatic rings. The van der Waals surface area contributed by atoms with E-state index in [1.54, 1.807) is 4.90 Å². The number of carbonyl (C=O) groups excluding carboxylic acids is 5. The van der Waals surface area contributed by atoms with Crippen LogP contribution in [-0.4, -0.2) is 102 Å². The number of methoxy groups -OCH3 is 2. The van der Waals surface area contributed by atoms with Crippen LogP contribution in [0.15, 0.2) is 48.5 Å². The lowest BCUT2D eigenvalue weighted by atomic mass is 10.0. The first-order chi connectivity index (χ1) is 26.6. The molecular formula is C40H51N7O8. The highest BCUT2D eigenvalue weighted by Crippen LogP contribution is 2.35. The second-order valence-electron chi connectivity index (χ2n) is 14.6. The summed E-state index contributed by atoms with van der Waals surface area (Å²) in [5.41, 5.74) is 5.04. The van der Waals surface area contributed by atoms with E-state index in [0.717, 1.165) is 47.3 Å². The first-order valence-corrected chi connectivity index (χ1v) is 19.1. The number of hydrogen-bond donors (Lipinski definition) is 4. The topological polar surface area (TPSA) is 184 Å². The van der Waals surface area contributed by atoms with Gasteiger partial charge in [-0.3, -0.25) is 14.4 Å². The van der Waals surface area contributed by atoms with E-state index >= 15 is 0 Å². The highest BCUT2D eigenvalue weighted by Gasteiger charge is 2.39. The molecule has 4 atom stereocenters. The monoisotopic (exact) mass is 757 g/mol. The quantitative estimate of drug-likeness (QED) is 0.242. The average molecular weight is 758 g/mol. The number of carbonyl (C=O) groups is 5. The Morgan fingerprint density at radius 2 is 1.53 bits per heavy atom. The van der Waals surface area contributed by atoms with Gasteiger partial charge in [0.15, 0.2) is 0 Å². The van der Waals surface area contributed by atoms with Gasteiger partial charge < -0.3 is 44.9 Å². The zero-order valence-electron chi connectivity index (χ0n) is 31.9. The summed E-state index contributed by atoms with van der Waals surface area (Å²) in [6.45, 7) is 5.52. The number of alkyl carbamates (subject to hydrolysis) is 2. The molecule has 55 heavy (non-hydrogen) atoms. The number of benzene rings is 2. The van der Waals surface area contributed by atoms with Crippen molar-refractivity contribution in [3.63, 3.8) is 0 Å². The van der Waals surface area contributed by atoms with Gasteiger partial charge in [-0.2, -0.15) is 0 Å². The number of ether oxygens (including phenoxy) is 3. The SMILES string of the molecule is COC(=O)N[C@H]1CCCCOCc2[nH]c(nc2-c2ccc(-c3ccc(NC(=O)[C@@H]4CCCN4C(=O)[C@@H](NC(=O)OC)C(C)C)cc3)cc2)[C@@H]2CCCN2C1=O. The molecule has 2 saturated heterocycles. The van der Waals surface area contributed by atoms with Crippen LogP contribution >= 0.6 is 0 Å². The van der Waals surface area contributed by atoms with E-state index in [0.29, 0.717) is 63.5 Å². The van der Waals surface area contributed by atoms with Crippen LogP contribution in [0.4, 0.5) is 15.3 Å². The molecule has 2 fully saturated rings. The number of rotatable bonds is 8. The van der Waals surface area contributed by atoms with Crippen LogP contribution in [0.1, 0.15) is 76.4 Å². The van der Waals surface area contributed by atoms with Gasteiger partial charge in [-0.25, -0.2) is 14.6 Å². The number of anilines is 1. The highest BCUT2D eigenvalue weighted by molar-refractivity contribution is 5.99. The van der Waals surface area contributed by atoms with Crippen molar-refractivity contribution in [1.82, 2.24) is 30.4 Å². The van der Waals surface area contributed by atoms with Crippen LogP contribution in [0.2, 0.25) is 0 Å². The van der Waals surface area contributed by atoms with E-state index in [1.165, 1.54) is 14.2 Å². The maximum Gasteiger partial charge on any atom is 0.407 e. The number of likely N-dealkylation sites (tertiary alicyclic amines) is 1. The Hall–Kier alpha value is -5.44. The van der Waals surface area contributed by atoms with Crippen molar-refractivity contribution in [2.75, 3.05) is 39.2 Å². The summed E-state index contributed by atoms with van der Waals surface area (Å²) in [4.78, 5) is 76.3. The number of amides is 5. The van der Waals surface area contributed by atoms with Crippen molar-refractivity contribution in [2.24, 2.45) is 5.92 Å². The van der Waals surface area contributed by atoms with E-state index in [4.69, 9.17) is 19.2 Å². The van der Waals surface area contributed by atoms with Crippen LogP contribution in [-0.2, 0) is 35.2 Å². The predicted molar refractivity (Wildman–Crippen MR) is 204 cm³/mol. The lowest BCUT2D eigenvalue weighted by molar-refractivity contribution is -0.139. The molecule has 2 aromatic carbocycles. The van der Waals surface area contributed by atoms with Gasteiger partial charge in [0.1, 0.15) is 23.9 Å². The van der Waals surface area contributed by atoms with Crippen molar-refractivity contribution in [1.29, 1.82) is 0 Å². The predicted octanol–water partition coefficient (Wildman–Crippen LogP) is 5.14. The molecule has 0 spiro atoms. The molecule has 1 aromatic heterocycles. The largest absolute Gasteiger partial charge is 0.453 e. The third kappa shape index (κ3) is 9.10. The molecule has 4 heterocycles. The molecule has 3 aliphatic heterocycles. The van der Waals surface area contributed by atoms with Crippen molar-refractivity contribution < 1.29 is 38.2 Å². The van der Waals surface area contributed by atoms with Crippen LogP contribution in [0.3, 0.4) is 0 Å². The maximum absolute atomic E-state index is 13.7. The fourth-order valence-corrected chi connectivity index (χ4v) is 7.60. The molecular weight excluding hydrogens is 706 g/mol. The smallest absolute Gasteiger partial charge is 0.407 e. The lowest BCUT2D eigenvalue weighted by Crippen LogP contribution is -2.54. The minimum atomic E-state index is -0.801. The van der Waals surface area contributed by atoms with Gasteiger partial charge >= 0.3 is 12.2 Å². The standard InChI is InChI=1S/C40H51N7O8/c1-24(2)33(45-40(52)54-4)38(50)47-21-8-11-32(47)36(48)41-28-18-16-26(17-19-28)25-12-14-27(15-13-25)34-30-23-55-22-6-5-9-29(43-39(51)53-3)37(49)46-20-7-10-31(46)35(42-30)44-34/h12-19,24,29,31-33H,5-11,20-23H2,1-4H3,(H,41,48)(H,42,44)(H,43,51)(H,45,52)/t29-,31-,32-,33-/m0/s1. The van der Waals surface area contributed by atoms with Crippen molar-refractivity contribution in [3.05, 3.63) is 60.0 Å². The van der Waals surface area contributed by atoms with Crippen LogP contribution in [0.25, 0.3) is 22.4 Å². The summed E-state index contributed by atoms with van der Waals surface area (Å²) in [7, 11) is 2.54. The number of nitrogens with zero attached hydrogens (tertiary/aromatic N) is 3. The molecule has 6 rings (SSSR count). The van der Waals surface area contributed by atoms with Crippen molar-refractivity contribution >= 4 is 35.6 Å². The summed E-state index contributed by atoms with van der Waals surface area (Å²) in [5.74, 6) is -0.211. The summed E-state index contributed by atoms with van der Waals surface area (Å²) < 4.78 is 15.5. The van der Waals surface area contributed by atoms with Crippen molar-refractivity contribution in [3.8, 4) is 22.4 Å². The Morgan fingerprint density at radius 3 is 2.22 bits per heavy atom. The van der Waals surface area contributed by atoms with Gasteiger partial charge in [-0.05, 0) is 74.1 Å². The lowest BCUT2D eigenvalue weighted by Gasteiger charge is -2.30. The molecule has 5 amide bonds. The Labute approximate surface area is 320 Å². The number of nitrogens with one attached hydrogen (secondary N) is 4. The fourth-order valence-electron chi connectivity index (χ4n) is 7.60. The minimum absolute atomic E-state index is 0.136. The Bertz CT molecular complexity index is 1840. The zero-order valence-corrected chi connectivity index (χ0v) is 31.9. The fraction of sp³-hybridized carbons (Fsp3) is 0.500. The minimum Gasteiger partial charge on any atom is -0.453 e. The van der Waals surface area contributed by atoms with E-state index < -0.39 is 30.3 Å². The number of fused-ring (bicyclic) bond motifs is 4. The van der Waals surface area contributed by atoms with Gasteiger partial charge in [-0.15, -0.1) is 0 Å². The number of imidazole rings is 1. The van der Waals surface area contributed by atoms with E-state index in [1.807, 2.05) is 67.3 Å². The van der Waals surface area contributed by atoms with Crippen LogP contribution in [0.5, 0.6) is 0 Å². The number of aromatic nitrogens is 2. The van der Waals surface area contributed by atoms with Gasteiger partial charge in [0, 0.05) is 30.9 Å². The van der Waals surface area contributed by atoms with Gasteiger partial charge in [0.25, 0.3) is 0 Å². The van der Waals surface area contributed by atoms with Gasteiger partial charge in [0.2, 0.25) is 17.7 Å². The summed E-state index contributed by atoms with van der Waals surface area (Å²) in [5, 5.41) is 8.30. The van der Waals surface area contributed by atoms with Crippen LogP contribution in [0, 0.1) is 5.92 Å². The maximum atomic E-state index is 13.7. The number of H-pyrrole nitrogens is 1. The molecule has 15 nitrogen and oxygen atoms in total. The highest BCUT2D eigenvalue weighted by atomic mass is 16.5. The van der Waals surface area contributed by atoms with E-state index in [2.05, 4.69) is 20.9 Å². The summed E-state index contributed by atoms with van der Waals surface area (Å²) in [6, 6.07) is 13.2. The second kappa shape index (κ2) is 17.8. The number of hydrogen-bond acceptors (Lipinski definition) is 9. The third-order valence-electron chi connectivity index (χ3n) is 10.6. The second-order valence-corrected chi connectivity index (χ2v) is 14.6. The van der Waals surface area contributed by atoms with Crippen molar-refractivity contribution in [2.45, 2.75) is 89.6 Å². The molecule has 2 bridgehead atoms. The average Bonchev–Trinajstić information content (AvgIpc) is 3.97. The number of aromatic amines is 1. The van der Waals surface area contributed by atoms with E-state index in [-0.39, 0.29) is 29.7 Å². The Kier molecular flexibility index (Phi) is 12.7. The van der Waals surface area contributed by atoms with Gasteiger partial charge in [0.05, 0.1) is 38.3 Å². The third-order valence-corrected chi connectivity index (χ3v) is 10.6. The first-order valence-electron chi connectivity index (χ1n) is 19.1. The zero-order chi connectivity index (χ0) is 39.1. The molecule has 0 saturated carbocycles. The summed E-state index contributed by atoms with van der Waals surface area (Å²) >= 11 is 0. The molecule has 15 heteroatoms. The molecule has 0 aliphatic carbocycles. The Balaban J connectivity index is 1.14. The summed E-state index contributed by atoms with van der Waals surface area (Å²) in [6.07, 6.45) is 3.42. The van der Waals surface area contributed by atoms with Gasteiger partial charge in [-0.1, -0.05) is 50.2 Å². The van der Waals surface area contributed by atoms with Crippen LogP contribution < -0.4 is 16.0 Å². The van der Waals surface area contributed by atoms with E-state index in [9.17, 15) is 24.0 Å². The molecule has 4 N–H and O–H groups in total. The normalized spacial score (nSPS) is 20.7. The molecule has 0 unspecified atom stereocenters. The Morgan fingerprint density at radius 1 is 0.855 bits per heavy atom. The molecule has 294 valence electrons.